The Morgan fingerprint density at radius 2 is 0.977 bits per heavy atom. The van der Waals surface area contributed by atoms with Crippen LogP contribution in [0.4, 0.5) is 4.39 Å². The van der Waals surface area contributed by atoms with Gasteiger partial charge in [-0.25, -0.2) is 4.39 Å². The molecule has 0 aliphatic carbocycles. The molecular weight excluding hydrogens is 527 g/mol. The van der Waals surface area contributed by atoms with Gasteiger partial charge in [0, 0.05) is 10.9 Å². The van der Waals surface area contributed by atoms with Gasteiger partial charge in [0.15, 0.2) is 0 Å². The smallest absolute Gasteiger partial charge is 0.134 e. The number of furan rings is 1. The number of hydrogen-bond donors (Lipinski definition) is 0. The molecule has 7 rings (SSSR count). The van der Waals surface area contributed by atoms with E-state index in [1.807, 2.05) is 31.2 Å². The lowest BCUT2D eigenvalue weighted by Crippen LogP contribution is -1.84. The maximum atomic E-state index is 13.3. The van der Waals surface area contributed by atoms with Crippen molar-refractivity contribution in [1.29, 1.82) is 0 Å². The minimum Gasteiger partial charge on any atom is -0.461 e. The second-order valence-corrected chi connectivity index (χ2v) is 10.8. The van der Waals surface area contributed by atoms with Crippen molar-refractivity contribution in [3.63, 3.8) is 0 Å². The van der Waals surface area contributed by atoms with Gasteiger partial charge in [0.1, 0.15) is 17.2 Å². The summed E-state index contributed by atoms with van der Waals surface area (Å²) in [5.74, 6) is 0.683. The van der Waals surface area contributed by atoms with Gasteiger partial charge in [-0.2, -0.15) is 0 Å². The summed E-state index contributed by atoms with van der Waals surface area (Å²) in [4.78, 5) is 0. The SMILES string of the molecule is C=C/C=C\c1c(C)oc2ccc(-c3ccc(-c4ccc5ccc(-c6ccc(-c7ccc(F)cc7)cc6)cc5c4)cc3)cc12. The van der Waals surface area contributed by atoms with Gasteiger partial charge in [-0.05, 0) is 98.6 Å². The number of fused-ring (bicyclic) bond motifs is 2. The Hall–Kier alpha value is -5.47. The van der Waals surface area contributed by atoms with E-state index < -0.39 is 0 Å². The predicted molar refractivity (Wildman–Crippen MR) is 179 cm³/mol. The van der Waals surface area contributed by atoms with Crippen LogP contribution >= 0.6 is 0 Å². The third-order valence-corrected chi connectivity index (χ3v) is 8.10. The molecule has 0 radical (unpaired) electrons. The summed E-state index contributed by atoms with van der Waals surface area (Å²) in [7, 11) is 0. The average molecular weight is 557 g/mol. The highest BCUT2D eigenvalue weighted by Gasteiger charge is 2.11. The van der Waals surface area contributed by atoms with Crippen LogP contribution in [-0.2, 0) is 0 Å². The van der Waals surface area contributed by atoms with Crippen molar-refractivity contribution in [3.8, 4) is 44.5 Å². The molecule has 1 heterocycles. The Labute approximate surface area is 250 Å². The standard InChI is InChI=1S/C41H29FO/c1-3-4-5-39-27(2)43-41-23-20-36(26-40(39)41)32-12-10-31(11-13-32)35-17-15-33-14-16-34(24-37(33)25-35)30-8-6-28(7-9-30)29-18-21-38(42)22-19-29/h3-26H,1H2,2H3/b5-4-. The first-order chi connectivity index (χ1) is 21.1. The summed E-state index contributed by atoms with van der Waals surface area (Å²) in [5, 5.41) is 3.51. The van der Waals surface area contributed by atoms with Crippen LogP contribution in [0, 0.1) is 12.7 Å². The van der Waals surface area contributed by atoms with Gasteiger partial charge < -0.3 is 4.42 Å². The molecule has 0 N–H and O–H groups in total. The molecule has 1 aromatic heterocycles. The highest BCUT2D eigenvalue weighted by Crippen LogP contribution is 2.34. The summed E-state index contributed by atoms with van der Waals surface area (Å²) in [6.45, 7) is 5.79. The Balaban J connectivity index is 1.16. The van der Waals surface area contributed by atoms with Crippen molar-refractivity contribution in [1.82, 2.24) is 0 Å². The zero-order chi connectivity index (χ0) is 29.3. The van der Waals surface area contributed by atoms with Crippen LogP contribution in [0.5, 0.6) is 0 Å². The summed E-state index contributed by atoms with van der Waals surface area (Å²) in [6.07, 6.45) is 5.77. The largest absolute Gasteiger partial charge is 0.461 e. The van der Waals surface area contributed by atoms with Crippen molar-refractivity contribution in [2.24, 2.45) is 0 Å². The molecule has 206 valence electrons. The van der Waals surface area contributed by atoms with Gasteiger partial charge in [0.05, 0.1) is 0 Å². The van der Waals surface area contributed by atoms with E-state index in [4.69, 9.17) is 4.42 Å². The zero-order valence-electron chi connectivity index (χ0n) is 23.8. The molecule has 0 spiro atoms. The predicted octanol–water partition coefficient (Wildman–Crippen LogP) is 11.9. The fourth-order valence-electron chi connectivity index (χ4n) is 5.75. The van der Waals surface area contributed by atoms with Gasteiger partial charge in [0.25, 0.3) is 0 Å². The Bertz CT molecular complexity index is 2130. The number of hydrogen-bond acceptors (Lipinski definition) is 1. The number of rotatable bonds is 6. The summed E-state index contributed by atoms with van der Waals surface area (Å²) in [5.41, 5.74) is 11.0. The number of aryl methyl sites for hydroxylation is 1. The molecule has 7 aromatic rings. The minimum atomic E-state index is -0.222. The van der Waals surface area contributed by atoms with Crippen molar-refractivity contribution in [3.05, 3.63) is 163 Å². The van der Waals surface area contributed by atoms with Crippen LogP contribution in [0.3, 0.4) is 0 Å². The number of halogens is 1. The van der Waals surface area contributed by atoms with Crippen LogP contribution in [0.25, 0.3) is 72.3 Å². The Morgan fingerprint density at radius 1 is 0.535 bits per heavy atom. The van der Waals surface area contributed by atoms with Crippen molar-refractivity contribution in [2.75, 3.05) is 0 Å². The van der Waals surface area contributed by atoms with E-state index in [1.165, 1.54) is 34.0 Å². The Kier molecular flexibility index (Phi) is 6.81. The summed E-state index contributed by atoms with van der Waals surface area (Å²) >= 11 is 0. The molecule has 0 bridgehead atoms. The molecule has 1 nitrogen and oxygen atoms in total. The Morgan fingerprint density at radius 3 is 1.51 bits per heavy atom. The molecule has 0 unspecified atom stereocenters. The van der Waals surface area contributed by atoms with E-state index in [2.05, 4.69) is 110 Å². The first-order valence-corrected chi connectivity index (χ1v) is 14.4. The van der Waals surface area contributed by atoms with Gasteiger partial charge in [-0.15, -0.1) is 0 Å². The monoisotopic (exact) mass is 556 g/mol. The molecule has 43 heavy (non-hydrogen) atoms. The molecule has 0 aliphatic heterocycles. The normalized spacial score (nSPS) is 11.5. The van der Waals surface area contributed by atoms with Gasteiger partial charge >= 0.3 is 0 Å². The van der Waals surface area contributed by atoms with Crippen LogP contribution in [0.2, 0.25) is 0 Å². The quantitative estimate of drug-likeness (QED) is 0.186. The average Bonchev–Trinajstić information content (AvgIpc) is 3.37. The van der Waals surface area contributed by atoms with Crippen LogP contribution in [0.1, 0.15) is 11.3 Å². The van der Waals surface area contributed by atoms with Gasteiger partial charge in [-0.3, -0.25) is 0 Å². The maximum absolute atomic E-state index is 13.3. The molecule has 0 amide bonds. The molecular formula is C41H29FO. The molecule has 0 atom stereocenters. The van der Waals surface area contributed by atoms with Crippen molar-refractivity contribution >= 4 is 27.8 Å². The lowest BCUT2D eigenvalue weighted by molar-refractivity contribution is 0.577. The first kappa shape index (κ1) is 26.4. The van der Waals surface area contributed by atoms with E-state index in [0.29, 0.717) is 0 Å². The molecule has 6 aromatic carbocycles. The topological polar surface area (TPSA) is 13.1 Å². The lowest BCUT2D eigenvalue weighted by atomic mass is 9.95. The highest BCUT2D eigenvalue weighted by atomic mass is 19.1. The number of allylic oxidation sites excluding steroid dienone is 2. The molecule has 0 saturated heterocycles. The second kappa shape index (κ2) is 11.1. The van der Waals surface area contributed by atoms with Crippen LogP contribution < -0.4 is 0 Å². The lowest BCUT2D eigenvalue weighted by Gasteiger charge is -2.09. The third-order valence-electron chi connectivity index (χ3n) is 8.10. The zero-order valence-corrected chi connectivity index (χ0v) is 23.8. The summed E-state index contributed by atoms with van der Waals surface area (Å²) in [6, 6.07) is 43.4. The fourth-order valence-corrected chi connectivity index (χ4v) is 5.75. The van der Waals surface area contributed by atoms with E-state index in [1.54, 1.807) is 6.08 Å². The molecule has 2 heteroatoms. The fraction of sp³-hybridized carbons (Fsp3) is 0.0244. The van der Waals surface area contributed by atoms with E-state index in [-0.39, 0.29) is 5.82 Å². The van der Waals surface area contributed by atoms with Crippen molar-refractivity contribution in [2.45, 2.75) is 6.92 Å². The third kappa shape index (κ3) is 5.20. The van der Waals surface area contributed by atoms with E-state index in [0.717, 1.165) is 55.7 Å². The van der Waals surface area contributed by atoms with Crippen LogP contribution in [0.15, 0.2) is 151 Å². The van der Waals surface area contributed by atoms with Gasteiger partial charge in [0.2, 0.25) is 0 Å². The highest BCUT2D eigenvalue weighted by molar-refractivity contribution is 5.93. The van der Waals surface area contributed by atoms with E-state index >= 15 is 0 Å². The van der Waals surface area contributed by atoms with Crippen molar-refractivity contribution < 1.29 is 8.81 Å². The molecule has 0 saturated carbocycles. The van der Waals surface area contributed by atoms with E-state index in [9.17, 15) is 4.39 Å². The minimum absolute atomic E-state index is 0.222. The number of benzene rings is 6. The van der Waals surface area contributed by atoms with Crippen LogP contribution in [-0.4, -0.2) is 0 Å². The second-order valence-electron chi connectivity index (χ2n) is 10.8. The maximum Gasteiger partial charge on any atom is 0.134 e. The summed E-state index contributed by atoms with van der Waals surface area (Å²) < 4.78 is 19.3. The van der Waals surface area contributed by atoms with Gasteiger partial charge in [-0.1, -0.05) is 116 Å². The molecule has 0 fully saturated rings. The molecule has 0 aliphatic rings. The first-order valence-electron chi connectivity index (χ1n) is 14.4.